The van der Waals surface area contributed by atoms with Crippen LogP contribution in [0.15, 0.2) is 42.7 Å². The Morgan fingerprint density at radius 3 is 2.75 bits per heavy atom. The number of ketones is 1. The molecule has 5 heteroatoms. The first-order valence-corrected chi connectivity index (χ1v) is 6.65. The molecule has 2 heterocycles. The zero-order valence-corrected chi connectivity index (χ0v) is 11.0. The standard InChI is InChI=1S/C15H15N3O2/c19-14-7-4-8-17(11-14)15(20)12-9-16-18(10-12)13-5-2-1-3-6-13/h1-3,5-6,9-10H,4,7-8,11H2. The average molecular weight is 269 g/mol. The van der Waals surface area contributed by atoms with Gasteiger partial charge in [-0.15, -0.1) is 0 Å². The van der Waals surface area contributed by atoms with Crippen LogP contribution in [0.1, 0.15) is 23.2 Å². The Morgan fingerprint density at radius 2 is 2.00 bits per heavy atom. The van der Waals surface area contributed by atoms with E-state index in [0.29, 0.717) is 18.5 Å². The first-order chi connectivity index (χ1) is 9.74. The van der Waals surface area contributed by atoms with Crippen LogP contribution in [0, 0.1) is 0 Å². The lowest BCUT2D eigenvalue weighted by atomic mass is 10.1. The monoisotopic (exact) mass is 269 g/mol. The predicted molar refractivity (Wildman–Crippen MR) is 73.7 cm³/mol. The second kappa shape index (κ2) is 5.28. The maximum absolute atomic E-state index is 12.3. The number of piperidine rings is 1. The van der Waals surface area contributed by atoms with Crippen LogP contribution < -0.4 is 0 Å². The Morgan fingerprint density at radius 1 is 1.20 bits per heavy atom. The van der Waals surface area contributed by atoms with Crippen LogP contribution in [0.2, 0.25) is 0 Å². The van der Waals surface area contributed by atoms with Crippen LogP contribution in [-0.4, -0.2) is 39.5 Å². The summed E-state index contributed by atoms with van der Waals surface area (Å²) in [5, 5.41) is 4.21. The largest absolute Gasteiger partial charge is 0.331 e. The van der Waals surface area contributed by atoms with Gasteiger partial charge in [-0.25, -0.2) is 4.68 Å². The first-order valence-electron chi connectivity index (χ1n) is 6.65. The third-order valence-corrected chi connectivity index (χ3v) is 3.39. The van der Waals surface area contributed by atoms with Crippen LogP contribution in [0.25, 0.3) is 5.69 Å². The van der Waals surface area contributed by atoms with E-state index in [9.17, 15) is 9.59 Å². The molecule has 5 nitrogen and oxygen atoms in total. The summed E-state index contributed by atoms with van der Waals surface area (Å²) in [5.41, 5.74) is 1.42. The lowest BCUT2D eigenvalue weighted by Gasteiger charge is -2.25. The summed E-state index contributed by atoms with van der Waals surface area (Å²) in [6.45, 7) is 0.858. The molecule has 1 fully saturated rings. The Bertz CT molecular complexity index is 634. The summed E-state index contributed by atoms with van der Waals surface area (Å²) in [5.74, 6) is 0.000261. The Hall–Kier alpha value is -2.43. The van der Waals surface area contributed by atoms with Gasteiger partial charge in [-0.1, -0.05) is 18.2 Å². The number of para-hydroxylation sites is 1. The van der Waals surface area contributed by atoms with Gasteiger partial charge in [0.1, 0.15) is 0 Å². The highest BCUT2D eigenvalue weighted by molar-refractivity contribution is 5.97. The number of hydrogen-bond donors (Lipinski definition) is 0. The second-order valence-corrected chi connectivity index (χ2v) is 4.88. The van der Waals surface area contributed by atoms with Crippen molar-refractivity contribution in [3.05, 3.63) is 48.3 Å². The van der Waals surface area contributed by atoms with Crippen molar-refractivity contribution in [3.63, 3.8) is 0 Å². The van der Waals surface area contributed by atoms with E-state index < -0.39 is 0 Å². The number of rotatable bonds is 2. The molecule has 0 saturated carbocycles. The highest BCUT2D eigenvalue weighted by atomic mass is 16.2. The number of carbonyl (C=O) groups is 2. The first kappa shape index (κ1) is 12.6. The van der Waals surface area contributed by atoms with Crippen molar-refractivity contribution in [2.45, 2.75) is 12.8 Å². The van der Waals surface area contributed by atoms with Crippen molar-refractivity contribution >= 4 is 11.7 Å². The second-order valence-electron chi connectivity index (χ2n) is 4.88. The molecule has 3 rings (SSSR count). The molecule has 0 radical (unpaired) electrons. The normalized spacial score (nSPS) is 15.4. The number of nitrogens with zero attached hydrogens (tertiary/aromatic N) is 3. The molecule has 0 N–H and O–H groups in total. The van der Waals surface area contributed by atoms with E-state index in [1.54, 1.807) is 22.0 Å². The molecule has 20 heavy (non-hydrogen) atoms. The van der Waals surface area contributed by atoms with Gasteiger partial charge < -0.3 is 4.90 Å². The molecule has 0 atom stereocenters. The summed E-state index contributed by atoms with van der Waals surface area (Å²) in [6.07, 6.45) is 4.58. The van der Waals surface area contributed by atoms with E-state index >= 15 is 0 Å². The van der Waals surface area contributed by atoms with E-state index in [2.05, 4.69) is 5.10 Å². The van der Waals surface area contributed by atoms with Crippen LogP contribution >= 0.6 is 0 Å². The molecule has 0 spiro atoms. The Kier molecular flexibility index (Phi) is 3.33. The van der Waals surface area contributed by atoms with Gasteiger partial charge in [-0.05, 0) is 18.6 Å². The number of aromatic nitrogens is 2. The lowest BCUT2D eigenvalue weighted by molar-refractivity contribution is -0.121. The van der Waals surface area contributed by atoms with Crippen LogP contribution in [0.4, 0.5) is 0 Å². The minimum absolute atomic E-state index is 0.125. The van der Waals surface area contributed by atoms with Crippen molar-refractivity contribution in [1.29, 1.82) is 0 Å². The molecular formula is C15H15N3O2. The Labute approximate surface area is 116 Å². The SMILES string of the molecule is O=C1CCCN(C(=O)c2cnn(-c3ccccc3)c2)C1. The van der Waals surface area contributed by atoms with Crippen molar-refractivity contribution < 1.29 is 9.59 Å². The number of amides is 1. The number of benzene rings is 1. The third kappa shape index (κ3) is 2.47. The van der Waals surface area contributed by atoms with E-state index in [-0.39, 0.29) is 18.2 Å². The molecule has 1 aliphatic heterocycles. The topological polar surface area (TPSA) is 55.2 Å². The minimum Gasteiger partial charge on any atom is -0.331 e. The van der Waals surface area contributed by atoms with Crippen LogP contribution in [-0.2, 0) is 4.79 Å². The number of likely N-dealkylation sites (tertiary alicyclic amines) is 1. The number of hydrogen-bond acceptors (Lipinski definition) is 3. The van der Waals surface area contributed by atoms with Crippen molar-refractivity contribution in [2.75, 3.05) is 13.1 Å². The zero-order chi connectivity index (χ0) is 13.9. The molecule has 0 unspecified atom stereocenters. The van der Waals surface area contributed by atoms with Crippen molar-refractivity contribution in [2.24, 2.45) is 0 Å². The fourth-order valence-corrected chi connectivity index (χ4v) is 2.35. The Balaban J connectivity index is 1.80. The van der Waals surface area contributed by atoms with E-state index in [1.807, 2.05) is 30.3 Å². The van der Waals surface area contributed by atoms with Gasteiger partial charge in [0.25, 0.3) is 5.91 Å². The maximum Gasteiger partial charge on any atom is 0.257 e. The van der Waals surface area contributed by atoms with Gasteiger partial charge in [-0.2, -0.15) is 5.10 Å². The maximum atomic E-state index is 12.3. The van der Waals surface area contributed by atoms with E-state index in [0.717, 1.165) is 12.1 Å². The summed E-state index contributed by atoms with van der Waals surface area (Å²) in [7, 11) is 0. The highest BCUT2D eigenvalue weighted by Gasteiger charge is 2.23. The van der Waals surface area contributed by atoms with Gasteiger partial charge in [0.2, 0.25) is 0 Å². The fourth-order valence-electron chi connectivity index (χ4n) is 2.35. The molecule has 2 aromatic rings. The molecule has 1 amide bonds. The molecule has 1 aromatic carbocycles. The van der Waals surface area contributed by atoms with Gasteiger partial charge in [-0.3, -0.25) is 9.59 Å². The van der Waals surface area contributed by atoms with Crippen LogP contribution in [0.3, 0.4) is 0 Å². The van der Waals surface area contributed by atoms with E-state index in [1.165, 1.54) is 0 Å². The molecule has 0 bridgehead atoms. The molecule has 0 aliphatic carbocycles. The third-order valence-electron chi connectivity index (χ3n) is 3.39. The predicted octanol–water partition coefficient (Wildman–Crippen LogP) is 1.68. The van der Waals surface area contributed by atoms with Gasteiger partial charge in [0, 0.05) is 19.2 Å². The van der Waals surface area contributed by atoms with Crippen molar-refractivity contribution in [3.8, 4) is 5.69 Å². The molecule has 1 aromatic heterocycles. The summed E-state index contributed by atoms with van der Waals surface area (Å²) in [4.78, 5) is 25.3. The average Bonchev–Trinajstić information content (AvgIpc) is 2.97. The molecule has 102 valence electrons. The quantitative estimate of drug-likeness (QED) is 0.833. The summed E-state index contributed by atoms with van der Waals surface area (Å²) >= 11 is 0. The zero-order valence-electron chi connectivity index (χ0n) is 11.0. The summed E-state index contributed by atoms with van der Waals surface area (Å²) < 4.78 is 1.67. The van der Waals surface area contributed by atoms with Gasteiger partial charge in [0.05, 0.1) is 24.0 Å². The van der Waals surface area contributed by atoms with Crippen molar-refractivity contribution in [1.82, 2.24) is 14.7 Å². The van der Waals surface area contributed by atoms with E-state index in [4.69, 9.17) is 0 Å². The number of carbonyl (C=O) groups excluding carboxylic acids is 2. The highest BCUT2D eigenvalue weighted by Crippen LogP contribution is 2.13. The number of Topliss-reactive ketones (excluding diaryl/α,β-unsaturated/α-hetero) is 1. The summed E-state index contributed by atoms with van der Waals surface area (Å²) in [6, 6.07) is 9.61. The fraction of sp³-hybridized carbons (Fsp3) is 0.267. The van der Waals surface area contributed by atoms with Crippen LogP contribution in [0.5, 0.6) is 0 Å². The smallest absolute Gasteiger partial charge is 0.257 e. The molecule has 1 saturated heterocycles. The minimum atomic E-state index is -0.125. The molecule has 1 aliphatic rings. The van der Waals surface area contributed by atoms with Gasteiger partial charge in [0.15, 0.2) is 5.78 Å². The molecular weight excluding hydrogens is 254 g/mol. The lowest BCUT2D eigenvalue weighted by Crippen LogP contribution is -2.40. The van der Waals surface area contributed by atoms with Gasteiger partial charge >= 0.3 is 0 Å².